The summed E-state index contributed by atoms with van der Waals surface area (Å²) in [5.74, 6) is 0.0323. The Morgan fingerprint density at radius 1 is 1.50 bits per heavy atom. The molecule has 0 aliphatic heterocycles. The molecule has 0 aliphatic carbocycles. The van der Waals surface area contributed by atoms with Crippen LogP contribution < -0.4 is 0 Å². The molecule has 0 aromatic carbocycles. The maximum atomic E-state index is 11.2. The van der Waals surface area contributed by atoms with Gasteiger partial charge in [-0.05, 0) is 20.8 Å². The molecule has 59 valence electrons. The highest BCUT2D eigenvalue weighted by atomic mass is 16.2. The Morgan fingerprint density at radius 2 is 1.90 bits per heavy atom. The van der Waals surface area contributed by atoms with Crippen molar-refractivity contribution in [2.45, 2.75) is 20.8 Å². The van der Waals surface area contributed by atoms with Crippen molar-refractivity contribution in [1.82, 2.24) is 4.90 Å². The van der Waals surface area contributed by atoms with Crippen LogP contribution in [0.5, 0.6) is 0 Å². The number of carbonyl (C=O) groups excluding carboxylic acids is 1. The first-order valence-electron chi connectivity index (χ1n) is 3.75. The summed E-state index contributed by atoms with van der Waals surface area (Å²) in [6.45, 7) is 11.0. The van der Waals surface area contributed by atoms with Gasteiger partial charge in [0.15, 0.2) is 0 Å². The zero-order valence-corrected chi connectivity index (χ0v) is 7.05. The highest BCUT2D eigenvalue weighted by molar-refractivity contribution is 5.78. The van der Waals surface area contributed by atoms with Crippen molar-refractivity contribution in [3.8, 4) is 0 Å². The Bertz CT molecular complexity index is 106. The molecule has 1 radical (unpaired) electrons. The standard InChI is InChI=1S/C8H16NO/c1-5-9(6-2)8(10)7(3)4/h7H,3,5-6H2,1-2,4H3. The molecule has 1 atom stereocenters. The average Bonchev–Trinajstić information content (AvgIpc) is 1.90. The van der Waals surface area contributed by atoms with Crippen molar-refractivity contribution in [2.75, 3.05) is 13.1 Å². The molecule has 0 aromatic heterocycles. The molecule has 0 saturated heterocycles. The number of carbonyl (C=O) groups is 1. The van der Waals surface area contributed by atoms with Gasteiger partial charge in [-0.2, -0.15) is 0 Å². The topological polar surface area (TPSA) is 20.3 Å². The number of hydrogen-bond acceptors (Lipinski definition) is 1. The minimum Gasteiger partial charge on any atom is -0.343 e. The third kappa shape index (κ3) is 2.38. The lowest BCUT2D eigenvalue weighted by Crippen LogP contribution is -2.33. The maximum Gasteiger partial charge on any atom is 0.225 e. The highest BCUT2D eigenvalue weighted by Gasteiger charge is 2.12. The van der Waals surface area contributed by atoms with Crippen molar-refractivity contribution < 1.29 is 4.79 Å². The van der Waals surface area contributed by atoms with E-state index in [0.29, 0.717) is 0 Å². The third-order valence-corrected chi connectivity index (χ3v) is 1.50. The van der Waals surface area contributed by atoms with Crippen LogP contribution in [0.1, 0.15) is 20.8 Å². The molecule has 0 aromatic rings. The van der Waals surface area contributed by atoms with E-state index >= 15 is 0 Å². The number of hydrogen-bond donors (Lipinski definition) is 0. The summed E-state index contributed by atoms with van der Waals surface area (Å²) in [5, 5.41) is 0. The van der Waals surface area contributed by atoms with Crippen molar-refractivity contribution >= 4 is 5.91 Å². The average molecular weight is 142 g/mol. The lowest BCUT2D eigenvalue weighted by atomic mass is 10.2. The molecule has 0 rings (SSSR count). The lowest BCUT2D eigenvalue weighted by Gasteiger charge is -2.20. The molecule has 0 bridgehead atoms. The van der Waals surface area contributed by atoms with E-state index in [9.17, 15) is 4.79 Å². The second kappa shape index (κ2) is 4.31. The second-order valence-electron chi connectivity index (χ2n) is 2.41. The van der Waals surface area contributed by atoms with Gasteiger partial charge in [-0.25, -0.2) is 0 Å². The van der Waals surface area contributed by atoms with Crippen LogP contribution >= 0.6 is 0 Å². The monoisotopic (exact) mass is 142 g/mol. The molecule has 0 fully saturated rings. The van der Waals surface area contributed by atoms with E-state index < -0.39 is 0 Å². The number of rotatable bonds is 3. The summed E-state index contributed by atoms with van der Waals surface area (Å²) in [6, 6.07) is 0. The van der Waals surface area contributed by atoms with Crippen LogP contribution in [0, 0.1) is 12.8 Å². The summed E-state index contributed by atoms with van der Waals surface area (Å²) < 4.78 is 0. The van der Waals surface area contributed by atoms with Crippen LogP contribution in [-0.4, -0.2) is 23.9 Å². The molecule has 0 aliphatic rings. The van der Waals surface area contributed by atoms with Crippen molar-refractivity contribution in [3.63, 3.8) is 0 Å². The Hall–Kier alpha value is -0.530. The van der Waals surface area contributed by atoms with Crippen LogP contribution in [0.15, 0.2) is 0 Å². The molecule has 10 heavy (non-hydrogen) atoms. The maximum absolute atomic E-state index is 11.2. The normalized spacial score (nSPS) is 10.1. The fraction of sp³-hybridized carbons (Fsp3) is 0.750. The predicted octanol–water partition coefficient (Wildman–Crippen LogP) is 1.32. The first-order valence-corrected chi connectivity index (χ1v) is 3.75. The summed E-state index contributed by atoms with van der Waals surface area (Å²) in [5.41, 5.74) is 0. The summed E-state index contributed by atoms with van der Waals surface area (Å²) >= 11 is 0. The molecule has 2 heteroatoms. The molecule has 0 N–H and O–H groups in total. The fourth-order valence-corrected chi connectivity index (χ4v) is 0.847. The molecule has 0 heterocycles. The lowest BCUT2D eigenvalue weighted by molar-refractivity contribution is -0.133. The van der Waals surface area contributed by atoms with E-state index in [0.717, 1.165) is 13.1 Å². The SMILES string of the molecule is [CH2]C(C)C(=O)N(CC)CC. The van der Waals surface area contributed by atoms with Crippen LogP contribution in [-0.2, 0) is 4.79 Å². The molecule has 0 saturated carbocycles. The largest absolute Gasteiger partial charge is 0.343 e. The van der Waals surface area contributed by atoms with E-state index in [1.807, 2.05) is 20.8 Å². The van der Waals surface area contributed by atoms with E-state index in [1.165, 1.54) is 0 Å². The zero-order valence-electron chi connectivity index (χ0n) is 7.05. The Kier molecular flexibility index (Phi) is 4.08. The van der Waals surface area contributed by atoms with Gasteiger partial charge >= 0.3 is 0 Å². The summed E-state index contributed by atoms with van der Waals surface area (Å²) in [6.07, 6.45) is 0. The van der Waals surface area contributed by atoms with Crippen LogP contribution in [0.2, 0.25) is 0 Å². The van der Waals surface area contributed by atoms with Gasteiger partial charge in [-0.3, -0.25) is 4.79 Å². The molecular weight excluding hydrogens is 126 g/mol. The Balaban J connectivity index is 3.89. The van der Waals surface area contributed by atoms with Crippen molar-refractivity contribution in [1.29, 1.82) is 0 Å². The molecule has 2 nitrogen and oxygen atoms in total. The Labute approximate surface area is 63.2 Å². The smallest absolute Gasteiger partial charge is 0.225 e. The zero-order chi connectivity index (χ0) is 8.15. The van der Waals surface area contributed by atoms with E-state index in [-0.39, 0.29) is 11.8 Å². The minimum atomic E-state index is -0.111. The van der Waals surface area contributed by atoms with Gasteiger partial charge in [-0.1, -0.05) is 6.92 Å². The summed E-state index contributed by atoms with van der Waals surface area (Å²) in [4.78, 5) is 13.0. The van der Waals surface area contributed by atoms with Crippen LogP contribution in [0.4, 0.5) is 0 Å². The van der Waals surface area contributed by atoms with Gasteiger partial charge in [0, 0.05) is 19.0 Å². The molecule has 1 amide bonds. The third-order valence-electron chi connectivity index (χ3n) is 1.50. The highest BCUT2D eigenvalue weighted by Crippen LogP contribution is 1.99. The van der Waals surface area contributed by atoms with Crippen LogP contribution in [0.25, 0.3) is 0 Å². The van der Waals surface area contributed by atoms with Gasteiger partial charge < -0.3 is 4.90 Å². The van der Waals surface area contributed by atoms with E-state index in [4.69, 9.17) is 0 Å². The van der Waals surface area contributed by atoms with E-state index in [1.54, 1.807) is 4.90 Å². The van der Waals surface area contributed by atoms with Gasteiger partial charge in [0.1, 0.15) is 0 Å². The van der Waals surface area contributed by atoms with E-state index in [2.05, 4.69) is 6.92 Å². The van der Waals surface area contributed by atoms with Crippen molar-refractivity contribution in [2.24, 2.45) is 5.92 Å². The predicted molar refractivity (Wildman–Crippen MR) is 42.4 cm³/mol. The summed E-state index contributed by atoms with van der Waals surface area (Å²) in [7, 11) is 0. The van der Waals surface area contributed by atoms with Crippen LogP contribution in [0.3, 0.4) is 0 Å². The number of amides is 1. The van der Waals surface area contributed by atoms with Crippen molar-refractivity contribution in [3.05, 3.63) is 6.92 Å². The molecular formula is C8H16NO. The molecule has 0 spiro atoms. The first-order chi connectivity index (χ1) is 4.63. The quantitative estimate of drug-likeness (QED) is 0.582. The fourth-order valence-electron chi connectivity index (χ4n) is 0.847. The van der Waals surface area contributed by atoms with Gasteiger partial charge in [0.05, 0.1) is 0 Å². The minimum absolute atomic E-state index is 0.111. The molecule has 1 unspecified atom stereocenters. The van der Waals surface area contributed by atoms with Gasteiger partial charge in [0.2, 0.25) is 5.91 Å². The first kappa shape index (κ1) is 9.47. The Morgan fingerprint density at radius 3 is 2.00 bits per heavy atom. The van der Waals surface area contributed by atoms with Gasteiger partial charge in [-0.15, -0.1) is 0 Å². The number of nitrogens with zero attached hydrogens (tertiary/aromatic N) is 1. The second-order valence-corrected chi connectivity index (χ2v) is 2.41. The van der Waals surface area contributed by atoms with Gasteiger partial charge in [0.25, 0.3) is 0 Å².